The Hall–Kier alpha value is -1.32. The molecule has 0 aliphatic heterocycles. The van der Waals surface area contributed by atoms with E-state index in [0.29, 0.717) is 17.3 Å². The van der Waals surface area contributed by atoms with Gasteiger partial charge >= 0.3 is 5.97 Å². The molecule has 8 atom stereocenters. The van der Waals surface area contributed by atoms with Crippen LogP contribution in [0.5, 0.6) is 0 Å². The molecule has 33 heavy (non-hydrogen) atoms. The fourth-order valence-corrected chi connectivity index (χ4v) is 8.81. The number of carbonyl (C=O) groups excluding carboxylic acids is 1. The van der Waals surface area contributed by atoms with Crippen molar-refractivity contribution in [3.63, 3.8) is 0 Å². The van der Waals surface area contributed by atoms with Gasteiger partial charge in [0.25, 0.3) is 0 Å². The van der Waals surface area contributed by atoms with Crippen molar-refractivity contribution < 1.29 is 14.7 Å². The molecule has 1 N–H and O–H groups in total. The monoisotopic (exact) mass is 457 g/mol. The molecule has 0 bridgehead atoms. The van der Waals surface area contributed by atoms with Gasteiger partial charge in [-0.3, -0.25) is 4.79 Å². The number of hydrogen-bond donors (Lipinski definition) is 1. The topological polar surface area (TPSA) is 58.9 Å². The largest absolute Gasteiger partial charge is 0.463 e. The zero-order valence-corrected chi connectivity index (χ0v) is 21.9. The molecular formula is C29H47NO3. The van der Waals surface area contributed by atoms with Crippen LogP contribution < -0.4 is 0 Å². The van der Waals surface area contributed by atoms with Crippen LogP contribution in [-0.4, -0.2) is 23.0 Å². The Morgan fingerprint density at radius 1 is 1.06 bits per heavy atom. The van der Waals surface area contributed by atoms with E-state index in [1.807, 2.05) is 0 Å². The number of oxime groups is 1. The van der Waals surface area contributed by atoms with E-state index < -0.39 is 0 Å². The molecule has 4 nitrogen and oxygen atoms in total. The van der Waals surface area contributed by atoms with Crippen molar-refractivity contribution in [2.45, 2.75) is 112 Å². The Morgan fingerprint density at radius 2 is 1.76 bits per heavy atom. The third-order valence-corrected chi connectivity index (χ3v) is 10.5. The Labute approximate surface area is 201 Å². The van der Waals surface area contributed by atoms with Crippen LogP contribution in [0.4, 0.5) is 0 Å². The Balaban J connectivity index is 1.56. The van der Waals surface area contributed by atoms with Crippen molar-refractivity contribution in [2.24, 2.45) is 51.5 Å². The molecule has 4 rings (SSSR count). The second kappa shape index (κ2) is 9.38. The first-order chi connectivity index (χ1) is 15.6. The number of rotatable bonds is 6. The van der Waals surface area contributed by atoms with Crippen LogP contribution in [0.1, 0.15) is 106 Å². The number of hydrogen-bond acceptors (Lipinski definition) is 4. The summed E-state index contributed by atoms with van der Waals surface area (Å²) in [5.74, 6) is 3.54. The summed E-state index contributed by atoms with van der Waals surface area (Å²) in [5, 5.41) is 13.9. The maximum absolute atomic E-state index is 11.6. The van der Waals surface area contributed by atoms with Crippen LogP contribution >= 0.6 is 0 Å². The van der Waals surface area contributed by atoms with Gasteiger partial charge in [0.05, 0.1) is 5.71 Å². The highest BCUT2D eigenvalue weighted by Gasteiger charge is 2.59. The fraction of sp³-hybridized carbons (Fsp3) is 0.862. The predicted molar refractivity (Wildman–Crippen MR) is 133 cm³/mol. The van der Waals surface area contributed by atoms with Crippen molar-refractivity contribution in [1.82, 2.24) is 0 Å². The summed E-state index contributed by atoms with van der Waals surface area (Å²) in [6.07, 6.45) is 14.2. The van der Waals surface area contributed by atoms with E-state index in [-0.39, 0.29) is 23.4 Å². The fourth-order valence-electron chi connectivity index (χ4n) is 8.81. The second-order valence-corrected chi connectivity index (χ2v) is 12.9. The lowest BCUT2D eigenvalue weighted by Crippen LogP contribution is -2.53. The molecule has 3 saturated carbocycles. The predicted octanol–water partition coefficient (Wildman–Crippen LogP) is 7.40. The summed E-state index contributed by atoms with van der Waals surface area (Å²) < 4.78 is 5.59. The molecule has 4 heteroatoms. The van der Waals surface area contributed by atoms with E-state index >= 15 is 0 Å². The lowest BCUT2D eigenvalue weighted by atomic mass is 9.47. The van der Waals surface area contributed by atoms with E-state index in [1.54, 1.807) is 5.57 Å². The van der Waals surface area contributed by atoms with E-state index in [4.69, 9.17) is 4.74 Å². The van der Waals surface area contributed by atoms with Gasteiger partial charge in [-0.15, -0.1) is 0 Å². The normalized spacial score (nSPS) is 42.3. The third kappa shape index (κ3) is 4.41. The molecule has 0 amide bonds. The first-order valence-electron chi connectivity index (χ1n) is 13.7. The lowest BCUT2D eigenvalue weighted by molar-refractivity contribution is -0.150. The zero-order chi connectivity index (χ0) is 24.0. The Morgan fingerprint density at radius 3 is 2.42 bits per heavy atom. The molecule has 0 aromatic rings. The van der Waals surface area contributed by atoms with Crippen LogP contribution in [0, 0.1) is 46.3 Å². The van der Waals surface area contributed by atoms with Gasteiger partial charge in [-0.2, -0.15) is 0 Å². The average Bonchev–Trinajstić information content (AvgIpc) is 3.10. The maximum Gasteiger partial charge on any atom is 0.302 e. The van der Waals surface area contributed by atoms with Crippen molar-refractivity contribution in [3.05, 3.63) is 11.6 Å². The standard InChI is InChI=1S/C29H47NO3/c1-18(2)8-7-9-19(3)23-10-11-24-22-17-27(30-32)26-16-21(33-20(4)31)12-14-29(26,6)25(22)13-15-28(23,24)5/h17-19,21,23-26,32H,7-16H2,1-6H3/b30-27+/t19-,21+,23-,24+,25+,26-,28-,29-/m1/s1. The van der Waals surface area contributed by atoms with Gasteiger partial charge in [0.2, 0.25) is 0 Å². The first-order valence-corrected chi connectivity index (χ1v) is 13.7. The van der Waals surface area contributed by atoms with E-state index in [9.17, 15) is 10.0 Å². The summed E-state index contributed by atoms with van der Waals surface area (Å²) in [6.45, 7) is 13.7. The van der Waals surface area contributed by atoms with E-state index in [1.165, 1.54) is 51.9 Å². The van der Waals surface area contributed by atoms with E-state index in [2.05, 4.69) is 45.9 Å². The van der Waals surface area contributed by atoms with Gasteiger partial charge in [-0.1, -0.05) is 64.6 Å². The van der Waals surface area contributed by atoms with Crippen molar-refractivity contribution in [1.29, 1.82) is 0 Å². The van der Waals surface area contributed by atoms with Gasteiger partial charge in [0.1, 0.15) is 6.10 Å². The van der Waals surface area contributed by atoms with Gasteiger partial charge < -0.3 is 9.94 Å². The highest BCUT2D eigenvalue weighted by Crippen LogP contribution is 2.66. The molecule has 4 aliphatic carbocycles. The van der Waals surface area contributed by atoms with Crippen molar-refractivity contribution in [3.8, 4) is 0 Å². The number of nitrogens with zero attached hydrogens (tertiary/aromatic N) is 1. The molecular weight excluding hydrogens is 410 g/mol. The van der Waals surface area contributed by atoms with Gasteiger partial charge in [-0.05, 0) is 91.4 Å². The summed E-state index contributed by atoms with van der Waals surface area (Å²) in [5.41, 5.74) is 2.89. The van der Waals surface area contributed by atoms with E-state index in [0.717, 1.165) is 42.7 Å². The molecule has 3 fully saturated rings. The average molecular weight is 458 g/mol. The number of ether oxygens (including phenoxy) is 1. The summed E-state index contributed by atoms with van der Waals surface area (Å²) >= 11 is 0. The highest BCUT2D eigenvalue weighted by molar-refractivity contribution is 5.99. The maximum atomic E-state index is 11.6. The zero-order valence-electron chi connectivity index (χ0n) is 21.9. The number of esters is 1. The quantitative estimate of drug-likeness (QED) is 0.257. The SMILES string of the molecule is CC(=O)O[C@H]1CC[C@@]2(C)[C@H](C1)/C(=N/O)C=C1[C@@H]2CC[C@]2(C)[C@@H]([C@H](C)CCCC(C)C)CC[C@@H]12. The molecule has 0 aromatic carbocycles. The number of allylic oxidation sites excluding steroid dienone is 2. The Kier molecular flexibility index (Phi) is 7.05. The number of carbonyl (C=O) groups is 1. The molecule has 4 aliphatic rings. The number of fused-ring (bicyclic) bond motifs is 5. The Bertz CT molecular complexity index is 801. The highest BCUT2D eigenvalue weighted by atomic mass is 16.5. The minimum absolute atomic E-state index is 0.0521. The third-order valence-electron chi connectivity index (χ3n) is 10.5. The minimum Gasteiger partial charge on any atom is -0.463 e. The molecule has 0 radical (unpaired) electrons. The molecule has 0 unspecified atom stereocenters. The second-order valence-electron chi connectivity index (χ2n) is 12.9. The van der Waals surface area contributed by atoms with Crippen molar-refractivity contribution >= 4 is 11.7 Å². The lowest BCUT2D eigenvalue weighted by Gasteiger charge is -2.57. The molecule has 0 aromatic heterocycles. The summed E-state index contributed by atoms with van der Waals surface area (Å²) in [4.78, 5) is 11.6. The van der Waals surface area contributed by atoms with Crippen LogP contribution in [0.15, 0.2) is 16.8 Å². The smallest absolute Gasteiger partial charge is 0.302 e. The molecule has 0 saturated heterocycles. The summed E-state index contributed by atoms with van der Waals surface area (Å²) in [6, 6.07) is 0. The van der Waals surface area contributed by atoms with Crippen LogP contribution in [0.2, 0.25) is 0 Å². The van der Waals surface area contributed by atoms with Crippen LogP contribution in [0.25, 0.3) is 0 Å². The van der Waals surface area contributed by atoms with Gasteiger partial charge in [-0.25, -0.2) is 0 Å². The molecule has 186 valence electrons. The van der Waals surface area contributed by atoms with Crippen molar-refractivity contribution in [2.75, 3.05) is 0 Å². The minimum atomic E-state index is -0.203. The van der Waals surface area contributed by atoms with Crippen LogP contribution in [-0.2, 0) is 9.53 Å². The molecule has 0 spiro atoms. The van der Waals surface area contributed by atoms with Gasteiger partial charge in [0.15, 0.2) is 0 Å². The molecule has 0 heterocycles. The first kappa shape index (κ1) is 24.8. The summed E-state index contributed by atoms with van der Waals surface area (Å²) in [7, 11) is 0. The van der Waals surface area contributed by atoms with Crippen LogP contribution in [0.3, 0.4) is 0 Å². The van der Waals surface area contributed by atoms with Gasteiger partial charge in [0, 0.05) is 12.8 Å².